The van der Waals surface area contributed by atoms with Crippen molar-refractivity contribution in [2.75, 3.05) is 32.7 Å². The number of likely N-dealkylation sites (tertiary alicyclic amines) is 1. The summed E-state index contributed by atoms with van der Waals surface area (Å²) >= 11 is 0. The molecule has 4 heteroatoms. The molecule has 0 N–H and O–H groups in total. The lowest BCUT2D eigenvalue weighted by Crippen LogP contribution is -2.48. The molecule has 2 aliphatic heterocycles. The number of piperidine rings is 1. The fraction of sp³-hybridized carbons (Fsp3) is 0.519. The van der Waals surface area contributed by atoms with Crippen molar-refractivity contribution in [1.29, 1.82) is 0 Å². The number of benzene rings is 2. The Balaban J connectivity index is 1.33. The minimum absolute atomic E-state index is 0.115. The normalized spacial score (nSPS) is 23.3. The number of hydrogen-bond acceptors (Lipinski definition) is 3. The van der Waals surface area contributed by atoms with Crippen LogP contribution in [0.2, 0.25) is 0 Å². The second-order valence-corrected chi connectivity index (χ2v) is 9.38. The van der Waals surface area contributed by atoms with Crippen LogP contribution in [0.5, 0.6) is 0 Å². The number of ether oxygens (including phenoxy) is 1. The van der Waals surface area contributed by atoms with Crippen molar-refractivity contribution in [2.45, 2.75) is 51.2 Å². The molecule has 2 saturated heterocycles. The van der Waals surface area contributed by atoms with Crippen LogP contribution in [0.4, 0.5) is 0 Å². The van der Waals surface area contributed by atoms with Crippen molar-refractivity contribution in [3.05, 3.63) is 71.8 Å². The number of hydrogen-bond donors (Lipinski definition) is 0. The van der Waals surface area contributed by atoms with Crippen LogP contribution in [0, 0.1) is 5.92 Å². The highest BCUT2D eigenvalue weighted by atomic mass is 16.5. The highest BCUT2D eigenvalue weighted by Gasteiger charge is 2.29. The molecule has 2 atom stereocenters. The molecule has 2 aromatic rings. The van der Waals surface area contributed by atoms with Crippen molar-refractivity contribution in [1.82, 2.24) is 9.80 Å². The van der Waals surface area contributed by atoms with Gasteiger partial charge in [0.15, 0.2) is 0 Å². The van der Waals surface area contributed by atoms with Crippen molar-refractivity contribution in [3.8, 4) is 0 Å². The Bertz CT molecular complexity index is 768. The molecule has 0 spiro atoms. The summed E-state index contributed by atoms with van der Waals surface area (Å²) < 4.78 is 5.87. The quantitative estimate of drug-likeness (QED) is 0.687. The Morgan fingerprint density at radius 2 is 1.42 bits per heavy atom. The largest absolute Gasteiger partial charge is 0.373 e. The lowest BCUT2D eigenvalue weighted by Gasteiger charge is -2.39. The number of rotatable bonds is 6. The van der Waals surface area contributed by atoms with Gasteiger partial charge in [0.1, 0.15) is 0 Å². The van der Waals surface area contributed by atoms with Crippen LogP contribution in [0.1, 0.15) is 50.2 Å². The molecular weight excluding hydrogens is 384 g/mol. The van der Waals surface area contributed by atoms with Crippen LogP contribution in [0.3, 0.4) is 0 Å². The predicted molar refractivity (Wildman–Crippen MR) is 125 cm³/mol. The van der Waals surface area contributed by atoms with Gasteiger partial charge in [0, 0.05) is 45.1 Å². The van der Waals surface area contributed by atoms with Gasteiger partial charge in [-0.25, -0.2) is 0 Å². The molecule has 4 nitrogen and oxygen atoms in total. The van der Waals surface area contributed by atoms with Gasteiger partial charge in [-0.05, 0) is 43.7 Å². The summed E-state index contributed by atoms with van der Waals surface area (Å²) in [4.78, 5) is 17.9. The van der Waals surface area contributed by atoms with Crippen molar-refractivity contribution in [2.24, 2.45) is 5.92 Å². The first kappa shape index (κ1) is 22.0. The van der Waals surface area contributed by atoms with E-state index in [1.807, 2.05) is 12.1 Å². The van der Waals surface area contributed by atoms with Crippen LogP contribution >= 0.6 is 0 Å². The van der Waals surface area contributed by atoms with Gasteiger partial charge in [-0.1, -0.05) is 60.7 Å². The van der Waals surface area contributed by atoms with Crippen LogP contribution < -0.4 is 0 Å². The van der Waals surface area contributed by atoms with E-state index in [9.17, 15) is 4.79 Å². The molecule has 0 aliphatic carbocycles. The molecule has 4 rings (SSSR count). The third kappa shape index (κ3) is 5.96. The van der Waals surface area contributed by atoms with Gasteiger partial charge in [-0.2, -0.15) is 0 Å². The topological polar surface area (TPSA) is 32.8 Å². The maximum absolute atomic E-state index is 13.2. The second kappa shape index (κ2) is 10.4. The molecule has 1 amide bonds. The Labute approximate surface area is 187 Å². The number of carbonyl (C=O) groups excluding carboxylic acids is 1. The minimum Gasteiger partial charge on any atom is -0.373 e. The van der Waals surface area contributed by atoms with Gasteiger partial charge in [-0.15, -0.1) is 0 Å². The zero-order valence-electron chi connectivity index (χ0n) is 19.0. The predicted octanol–water partition coefficient (Wildman–Crippen LogP) is 4.56. The van der Waals surface area contributed by atoms with E-state index in [0.29, 0.717) is 24.5 Å². The van der Waals surface area contributed by atoms with E-state index >= 15 is 0 Å². The smallest absolute Gasteiger partial charge is 0.223 e. The van der Waals surface area contributed by atoms with E-state index in [0.717, 1.165) is 45.6 Å². The lowest BCUT2D eigenvalue weighted by atomic mass is 9.87. The Hall–Kier alpha value is -2.17. The molecule has 2 unspecified atom stereocenters. The summed E-state index contributed by atoms with van der Waals surface area (Å²) in [6.45, 7) is 9.29. The summed E-state index contributed by atoms with van der Waals surface area (Å²) in [5, 5.41) is 0. The molecular formula is C27H36N2O2. The molecule has 31 heavy (non-hydrogen) atoms. The third-order valence-corrected chi connectivity index (χ3v) is 6.76. The Morgan fingerprint density at radius 3 is 1.94 bits per heavy atom. The maximum Gasteiger partial charge on any atom is 0.223 e. The number of carbonyl (C=O) groups is 1. The van der Waals surface area contributed by atoms with E-state index in [-0.39, 0.29) is 11.8 Å². The highest BCUT2D eigenvalue weighted by Crippen LogP contribution is 2.30. The molecule has 2 aromatic carbocycles. The number of amides is 1. The molecule has 0 bridgehead atoms. The maximum atomic E-state index is 13.2. The van der Waals surface area contributed by atoms with Crippen LogP contribution in [0.15, 0.2) is 60.7 Å². The summed E-state index contributed by atoms with van der Waals surface area (Å²) in [5.74, 6) is 1.08. The van der Waals surface area contributed by atoms with Crippen molar-refractivity contribution < 1.29 is 9.53 Å². The fourth-order valence-corrected chi connectivity index (χ4v) is 5.27. The summed E-state index contributed by atoms with van der Waals surface area (Å²) in [7, 11) is 0. The van der Waals surface area contributed by atoms with E-state index in [1.165, 1.54) is 11.1 Å². The highest BCUT2D eigenvalue weighted by molar-refractivity contribution is 5.78. The Kier molecular flexibility index (Phi) is 7.41. The SMILES string of the molecule is CC1CN(CC2CCN(C(=O)CC(c3ccccc3)c3ccccc3)CC2)CC(C)O1. The van der Waals surface area contributed by atoms with Crippen LogP contribution in [-0.4, -0.2) is 60.6 Å². The standard InChI is InChI=1S/C27H36N2O2/c1-21-18-28(19-22(2)31-21)20-23-13-15-29(16-14-23)27(30)17-26(24-9-5-3-6-10-24)25-11-7-4-8-12-25/h3-12,21-23,26H,13-20H2,1-2H3. The lowest BCUT2D eigenvalue weighted by molar-refractivity contribution is -0.133. The van der Waals surface area contributed by atoms with Gasteiger partial charge in [0.05, 0.1) is 12.2 Å². The zero-order valence-corrected chi connectivity index (χ0v) is 19.0. The minimum atomic E-state index is 0.115. The van der Waals surface area contributed by atoms with Crippen molar-refractivity contribution >= 4 is 5.91 Å². The van der Waals surface area contributed by atoms with Gasteiger partial charge in [0.25, 0.3) is 0 Å². The average molecular weight is 421 g/mol. The fourth-order valence-electron chi connectivity index (χ4n) is 5.27. The van der Waals surface area contributed by atoms with Gasteiger partial charge >= 0.3 is 0 Å². The molecule has 0 saturated carbocycles. The number of nitrogens with zero attached hydrogens (tertiary/aromatic N) is 2. The first-order valence-corrected chi connectivity index (χ1v) is 11.8. The summed E-state index contributed by atoms with van der Waals surface area (Å²) in [5.41, 5.74) is 2.43. The second-order valence-electron chi connectivity index (χ2n) is 9.38. The Morgan fingerprint density at radius 1 is 0.903 bits per heavy atom. The van der Waals surface area contributed by atoms with E-state index in [2.05, 4.69) is 72.2 Å². The van der Waals surface area contributed by atoms with Gasteiger partial charge in [0.2, 0.25) is 5.91 Å². The van der Waals surface area contributed by atoms with Crippen LogP contribution in [-0.2, 0) is 9.53 Å². The zero-order chi connectivity index (χ0) is 21.6. The van der Waals surface area contributed by atoms with Gasteiger partial charge < -0.3 is 9.64 Å². The molecule has 166 valence electrons. The number of morpholine rings is 1. The molecule has 2 fully saturated rings. The third-order valence-electron chi connectivity index (χ3n) is 6.76. The van der Waals surface area contributed by atoms with E-state index in [4.69, 9.17) is 4.74 Å². The van der Waals surface area contributed by atoms with Crippen LogP contribution in [0.25, 0.3) is 0 Å². The first-order chi connectivity index (χ1) is 15.1. The van der Waals surface area contributed by atoms with E-state index in [1.54, 1.807) is 0 Å². The molecule has 2 heterocycles. The molecule has 2 aliphatic rings. The monoisotopic (exact) mass is 420 g/mol. The van der Waals surface area contributed by atoms with E-state index < -0.39 is 0 Å². The van der Waals surface area contributed by atoms with Gasteiger partial charge in [-0.3, -0.25) is 9.69 Å². The first-order valence-electron chi connectivity index (χ1n) is 11.8. The summed E-state index contributed by atoms with van der Waals surface area (Å²) in [6.07, 6.45) is 3.38. The molecule has 0 aromatic heterocycles. The molecule has 0 radical (unpaired) electrons. The summed E-state index contributed by atoms with van der Waals surface area (Å²) in [6, 6.07) is 20.9. The van der Waals surface area contributed by atoms with Crippen molar-refractivity contribution in [3.63, 3.8) is 0 Å². The average Bonchev–Trinajstić information content (AvgIpc) is 2.78.